The molecule has 1 aliphatic heterocycles. The van der Waals surface area contributed by atoms with E-state index in [0.29, 0.717) is 0 Å². The van der Waals surface area contributed by atoms with E-state index in [1.54, 1.807) is 24.3 Å². The van der Waals surface area contributed by atoms with E-state index in [9.17, 15) is 13.6 Å². The van der Waals surface area contributed by atoms with Crippen molar-refractivity contribution in [2.24, 2.45) is 0 Å². The van der Waals surface area contributed by atoms with Crippen LogP contribution in [-0.2, 0) is 16.1 Å². The maximum atomic E-state index is 14.4. The molecular weight excluding hydrogens is 322 g/mol. The summed E-state index contributed by atoms with van der Waals surface area (Å²) in [5.41, 5.74) is -0.0350. The van der Waals surface area contributed by atoms with Gasteiger partial charge >= 0.3 is 5.97 Å². The summed E-state index contributed by atoms with van der Waals surface area (Å²) in [6.07, 6.45) is -0.996. The number of carbonyl (C=O) groups is 1. The number of ether oxygens (including phenoxy) is 3. The molecule has 0 unspecified atom stereocenters. The average Bonchev–Trinajstić information content (AvgIpc) is 3.11. The summed E-state index contributed by atoms with van der Waals surface area (Å²) in [6, 6.07) is 9.90. The molecule has 1 aliphatic rings. The molecule has 0 aromatic heterocycles. The molecule has 1 saturated heterocycles. The maximum Gasteiger partial charge on any atom is 0.338 e. The number of halogens is 2. The van der Waals surface area contributed by atoms with Crippen LogP contribution >= 0.6 is 0 Å². The zero-order valence-corrected chi connectivity index (χ0v) is 12.5. The van der Waals surface area contributed by atoms with E-state index in [2.05, 4.69) is 0 Å². The van der Waals surface area contributed by atoms with Crippen LogP contribution < -0.4 is 4.74 Å². The number of aromatic carboxylic acids is 1. The minimum atomic E-state index is -1.58. The smallest absolute Gasteiger partial charge is 0.338 e. The van der Waals surface area contributed by atoms with Crippen molar-refractivity contribution < 1.29 is 32.9 Å². The average molecular weight is 336 g/mol. The molecule has 1 N–H and O–H groups in total. The van der Waals surface area contributed by atoms with Gasteiger partial charge in [0.05, 0.1) is 24.3 Å². The van der Waals surface area contributed by atoms with Crippen molar-refractivity contribution in [3.63, 3.8) is 0 Å². The van der Waals surface area contributed by atoms with Gasteiger partial charge in [-0.3, -0.25) is 0 Å². The van der Waals surface area contributed by atoms with Crippen LogP contribution in [0.1, 0.15) is 27.8 Å². The zero-order valence-electron chi connectivity index (χ0n) is 12.5. The van der Waals surface area contributed by atoms with E-state index in [-0.39, 0.29) is 25.4 Å². The van der Waals surface area contributed by atoms with Crippen LogP contribution in [0.3, 0.4) is 0 Å². The van der Waals surface area contributed by atoms with Crippen molar-refractivity contribution in [1.29, 1.82) is 0 Å². The van der Waals surface area contributed by atoms with Gasteiger partial charge in [-0.05, 0) is 11.6 Å². The molecule has 0 saturated carbocycles. The van der Waals surface area contributed by atoms with Crippen molar-refractivity contribution in [1.82, 2.24) is 0 Å². The molecule has 0 spiro atoms. The second-order valence-corrected chi connectivity index (χ2v) is 5.12. The number of carboxylic acids is 1. The van der Waals surface area contributed by atoms with Crippen LogP contribution in [0.2, 0.25) is 0 Å². The summed E-state index contributed by atoms with van der Waals surface area (Å²) in [4.78, 5) is 11.1. The molecule has 7 heteroatoms. The van der Waals surface area contributed by atoms with Gasteiger partial charge in [0, 0.05) is 0 Å². The molecule has 1 heterocycles. The normalized spacial score (nSPS) is 14.8. The summed E-state index contributed by atoms with van der Waals surface area (Å²) < 4.78 is 44.3. The molecule has 0 amide bonds. The molecule has 126 valence electrons. The maximum absolute atomic E-state index is 14.4. The Morgan fingerprint density at radius 3 is 2.46 bits per heavy atom. The second kappa shape index (κ2) is 6.94. The molecule has 0 atom stereocenters. The van der Waals surface area contributed by atoms with Gasteiger partial charge in [0.25, 0.3) is 0 Å². The predicted octanol–water partition coefficient (Wildman–Crippen LogP) is 3.29. The predicted molar refractivity (Wildman–Crippen MR) is 78.7 cm³/mol. The fraction of sp³-hybridized carbons (Fsp3) is 0.235. The Bertz CT molecular complexity index is 742. The summed E-state index contributed by atoms with van der Waals surface area (Å²) in [5, 5.41) is 9.03. The number of carboxylic acid groups (broad SMARTS) is 1. The van der Waals surface area contributed by atoms with Gasteiger partial charge in [0.15, 0.2) is 17.9 Å². The highest BCUT2D eigenvalue weighted by atomic mass is 19.2. The lowest BCUT2D eigenvalue weighted by atomic mass is 10.1. The largest absolute Gasteiger partial charge is 0.485 e. The SMILES string of the molecule is O=C(O)c1cc(C2OCCO2)c(OCc2ccccc2)c(F)c1F. The van der Waals surface area contributed by atoms with Crippen molar-refractivity contribution >= 4 is 5.97 Å². The molecule has 3 rings (SSSR count). The van der Waals surface area contributed by atoms with Gasteiger partial charge < -0.3 is 19.3 Å². The van der Waals surface area contributed by atoms with E-state index in [1.165, 1.54) is 0 Å². The van der Waals surface area contributed by atoms with Crippen molar-refractivity contribution in [2.75, 3.05) is 13.2 Å². The molecule has 0 radical (unpaired) electrons. The molecule has 0 aliphatic carbocycles. The number of hydrogen-bond donors (Lipinski definition) is 1. The number of hydrogen-bond acceptors (Lipinski definition) is 4. The molecule has 24 heavy (non-hydrogen) atoms. The van der Waals surface area contributed by atoms with Crippen molar-refractivity contribution in [2.45, 2.75) is 12.9 Å². The summed E-state index contributed by atoms with van der Waals surface area (Å²) in [5.74, 6) is -4.85. The molecule has 0 bridgehead atoms. The first kappa shape index (κ1) is 16.4. The van der Waals surface area contributed by atoms with Crippen LogP contribution in [0, 0.1) is 11.6 Å². The minimum absolute atomic E-state index is 0.0106. The second-order valence-electron chi connectivity index (χ2n) is 5.12. The lowest BCUT2D eigenvalue weighted by Crippen LogP contribution is -2.12. The Balaban J connectivity index is 1.98. The van der Waals surface area contributed by atoms with Gasteiger partial charge in [0.1, 0.15) is 6.61 Å². The van der Waals surface area contributed by atoms with Crippen LogP contribution in [0.25, 0.3) is 0 Å². The molecule has 5 nitrogen and oxygen atoms in total. The van der Waals surface area contributed by atoms with E-state index < -0.39 is 35.2 Å². The Labute approximate surface area is 136 Å². The Kier molecular flexibility index (Phi) is 4.73. The molecule has 2 aromatic carbocycles. The highest BCUT2D eigenvalue weighted by Crippen LogP contribution is 2.36. The van der Waals surface area contributed by atoms with E-state index in [4.69, 9.17) is 19.3 Å². The van der Waals surface area contributed by atoms with Gasteiger partial charge in [-0.2, -0.15) is 4.39 Å². The van der Waals surface area contributed by atoms with E-state index in [0.717, 1.165) is 11.6 Å². The summed E-state index contributed by atoms with van der Waals surface area (Å²) in [6.45, 7) is 0.526. The lowest BCUT2D eigenvalue weighted by molar-refractivity contribution is -0.0463. The number of benzene rings is 2. The highest BCUT2D eigenvalue weighted by Gasteiger charge is 2.30. The Morgan fingerprint density at radius 2 is 1.83 bits per heavy atom. The zero-order chi connectivity index (χ0) is 17.1. The van der Waals surface area contributed by atoms with Crippen molar-refractivity contribution in [3.05, 3.63) is 64.7 Å². The topological polar surface area (TPSA) is 65.0 Å². The third-order valence-corrected chi connectivity index (χ3v) is 3.52. The monoisotopic (exact) mass is 336 g/mol. The van der Waals surface area contributed by atoms with Gasteiger partial charge in [-0.15, -0.1) is 0 Å². The van der Waals surface area contributed by atoms with Crippen LogP contribution in [0.5, 0.6) is 5.75 Å². The van der Waals surface area contributed by atoms with Crippen LogP contribution in [0.15, 0.2) is 36.4 Å². The first-order chi connectivity index (χ1) is 11.6. The van der Waals surface area contributed by atoms with Gasteiger partial charge in [0.2, 0.25) is 5.82 Å². The fourth-order valence-electron chi connectivity index (χ4n) is 2.37. The Hall–Kier alpha value is -2.51. The summed E-state index contributed by atoms with van der Waals surface area (Å²) in [7, 11) is 0. The minimum Gasteiger partial charge on any atom is -0.485 e. The molecule has 1 fully saturated rings. The first-order valence-electron chi connectivity index (χ1n) is 7.23. The summed E-state index contributed by atoms with van der Waals surface area (Å²) >= 11 is 0. The number of rotatable bonds is 5. The van der Waals surface area contributed by atoms with Crippen LogP contribution in [0.4, 0.5) is 8.78 Å². The molecular formula is C17H14F2O5. The third-order valence-electron chi connectivity index (χ3n) is 3.52. The van der Waals surface area contributed by atoms with Crippen LogP contribution in [-0.4, -0.2) is 24.3 Å². The quantitative estimate of drug-likeness (QED) is 0.908. The van der Waals surface area contributed by atoms with Crippen molar-refractivity contribution in [3.8, 4) is 5.75 Å². The van der Waals surface area contributed by atoms with Gasteiger partial charge in [-0.25, -0.2) is 9.18 Å². The van der Waals surface area contributed by atoms with E-state index >= 15 is 0 Å². The fourth-order valence-corrected chi connectivity index (χ4v) is 2.37. The highest BCUT2D eigenvalue weighted by molar-refractivity contribution is 5.88. The van der Waals surface area contributed by atoms with Gasteiger partial charge in [-0.1, -0.05) is 30.3 Å². The standard InChI is InChI=1S/C17H14F2O5/c18-13-11(16(20)21)8-12(17-22-6-7-23-17)15(14(13)19)24-9-10-4-2-1-3-5-10/h1-5,8,17H,6-7,9H2,(H,20,21). The molecule has 2 aromatic rings. The lowest BCUT2D eigenvalue weighted by Gasteiger charge is -2.17. The Morgan fingerprint density at radius 1 is 1.17 bits per heavy atom. The first-order valence-corrected chi connectivity index (χ1v) is 7.23. The third kappa shape index (κ3) is 3.22. The van der Waals surface area contributed by atoms with E-state index in [1.807, 2.05) is 6.07 Å².